The van der Waals surface area contributed by atoms with Crippen LogP contribution in [0.25, 0.3) is 0 Å². The van der Waals surface area contributed by atoms with Crippen molar-refractivity contribution in [2.24, 2.45) is 0 Å². The molecular weight excluding hydrogens is 312 g/mol. The highest BCUT2D eigenvalue weighted by molar-refractivity contribution is 5.77. The van der Waals surface area contributed by atoms with Crippen LogP contribution in [0, 0.1) is 17.0 Å². The number of ether oxygens (including phenoxy) is 2. The second-order valence-electron chi connectivity index (χ2n) is 5.08. The first-order valence-electron chi connectivity index (χ1n) is 7.27. The Balaban J connectivity index is 1.90. The lowest BCUT2D eigenvalue weighted by Crippen LogP contribution is -2.28. The van der Waals surface area contributed by atoms with Gasteiger partial charge in [0.2, 0.25) is 5.75 Å². The molecule has 0 radical (unpaired) electrons. The van der Waals surface area contributed by atoms with E-state index in [-0.39, 0.29) is 24.0 Å². The molecule has 0 aliphatic rings. The fraction of sp³-hybridized carbons (Fsp3) is 0.235. The van der Waals surface area contributed by atoms with E-state index in [2.05, 4.69) is 5.32 Å². The number of nitro groups is 1. The summed E-state index contributed by atoms with van der Waals surface area (Å²) in [5.41, 5.74) is 1.97. The summed E-state index contributed by atoms with van der Waals surface area (Å²) in [5, 5.41) is 13.6. The molecule has 0 saturated heterocycles. The number of methoxy groups -OCH3 is 1. The van der Waals surface area contributed by atoms with Gasteiger partial charge in [0.15, 0.2) is 6.61 Å². The predicted octanol–water partition coefficient (Wildman–Crippen LogP) is 2.61. The van der Waals surface area contributed by atoms with E-state index in [1.807, 2.05) is 31.2 Å². The second-order valence-corrected chi connectivity index (χ2v) is 5.08. The highest BCUT2D eigenvalue weighted by atomic mass is 16.6. The molecule has 0 unspecified atom stereocenters. The minimum Gasteiger partial charge on any atom is -0.490 e. The number of aryl methyl sites for hydroxylation is 1. The van der Waals surface area contributed by atoms with Crippen molar-refractivity contribution in [3.05, 3.63) is 63.7 Å². The fourth-order valence-electron chi connectivity index (χ4n) is 2.10. The first-order chi connectivity index (χ1) is 11.5. The van der Waals surface area contributed by atoms with Crippen LogP contribution in [0.2, 0.25) is 0 Å². The van der Waals surface area contributed by atoms with Crippen molar-refractivity contribution in [2.45, 2.75) is 13.5 Å². The molecule has 0 spiro atoms. The van der Waals surface area contributed by atoms with E-state index < -0.39 is 4.92 Å². The van der Waals surface area contributed by atoms with Gasteiger partial charge >= 0.3 is 5.69 Å². The van der Waals surface area contributed by atoms with Gasteiger partial charge < -0.3 is 14.8 Å². The molecule has 0 aliphatic heterocycles. The summed E-state index contributed by atoms with van der Waals surface area (Å²) in [5.74, 6) is 0.122. The summed E-state index contributed by atoms with van der Waals surface area (Å²) in [7, 11) is 1.33. The number of carbonyl (C=O) groups is 1. The third-order valence-electron chi connectivity index (χ3n) is 3.46. The first kappa shape index (κ1) is 17.3. The average molecular weight is 330 g/mol. The number of rotatable bonds is 7. The number of hydrogen-bond donors (Lipinski definition) is 1. The summed E-state index contributed by atoms with van der Waals surface area (Å²) in [6.07, 6.45) is 0. The van der Waals surface area contributed by atoms with Gasteiger partial charge in [0.25, 0.3) is 5.91 Å². The third kappa shape index (κ3) is 4.45. The predicted molar refractivity (Wildman–Crippen MR) is 88.2 cm³/mol. The Hall–Kier alpha value is -3.09. The summed E-state index contributed by atoms with van der Waals surface area (Å²) < 4.78 is 10.3. The molecule has 2 rings (SSSR count). The minimum atomic E-state index is -0.544. The van der Waals surface area contributed by atoms with Crippen molar-refractivity contribution in [3.63, 3.8) is 0 Å². The zero-order chi connectivity index (χ0) is 17.5. The van der Waals surface area contributed by atoms with Crippen LogP contribution in [0.1, 0.15) is 11.1 Å². The molecule has 1 amide bonds. The van der Waals surface area contributed by atoms with Gasteiger partial charge in [-0.1, -0.05) is 24.3 Å². The quantitative estimate of drug-likeness (QED) is 0.622. The smallest absolute Gasteiger partial charge is 0.311 e. The molecule has 2 aromatic rings. The van der Waals surface area contributed by atoms with Gasteiger partial charge in [0.1, 0.15) is 5.75 Å². The lowest BCUT2D eigenvalue weighted by Gasteiger charge is -2.10. The van der Waals surface area contributed by atoms with Crippen molar-refractivity contribution in [2.75, 3.05) is 13.7 Å². The maximum absolute atomic E-state index is 11.9. The van der Waals surface area contributed by atoms with Crippen LogP contribution in [-0.2, 0) is 11.3 Å². The topological polar surface area (TPSA) is 90.7 Å². The first-order valence-corrected chi connectivity index (χ1v) is 7.27. The highest BCUT2D eigenvalue weighted by Gasteiger charge is 2.15. The SMILES string of the molecule is COc1cc(OCC(=O)NCc2ccccc2C)ccc1[N+](=O)[O-]. The van der Waals surface area contributed by atoms with Gasteiger partial charge in [-0.15, -0.1) is 0 Å². The Bertz CT molecular complexity index is 746. The van der Waals surface area contributed by atoms with E-state index in [9.17, 15) is 14.9 Å². The van der Waals surface area contributed by atoms with E-state index in [0.717, 1.165) is 11.1 Å². The summed E-state index contributed by atoms with van der Waals surface area (Å²) in [4.78, 5) is 22.1. The summed E-state index contributed by atoms with van der Waals surface area (Å²) in [6.45, 7) is 2.20. The van der Waals surface area contributed by atoms with E-state index in [1.165, 1.54) is 25.3 Å². The molecule has 7 nitrogen and oxygen atoms in total. The number of nitrogens with zero attached hydrogens (tertiary/aromatic N) is 1. The minimum absolute atomic E-state index is 0.0813. The van der Waals surface area contributed by atoms with Crippen LogP contribution >= 0.6 is 0 Å². The molecule has 0 saturated carbocycles. The second kappa shape index (κ2) is 7.96. The molecule has 2 aromatic carbocycles. The molecule has 126 valence electrons. The largest absolute Gasteiger partial charge is 0.490 e. The maximum Gasteiger partial charge on any atom is 0.311 e. The Morgan fingerprint density at radius 1 is 1.25 bits per heavy atom. The van der Waals surface area contributed by atoms with E-state index in [4.69, 9.17) is 9.47 Å². The molecule has 0 fully saturated rings. The molecule has 0 aromatic heterocycles. The molecular formula is C17H18N2O5. The number of hydrogen-bond acceptors (Lipinski definition) is 5. The molecule has 0 bridgehead atoms. The van der Waals surface area contributed by atoms with Crippen molar-refractivity contribution < 1.29 is 19.2 Å². The third-order valence-corrected chi connectivity index (χ3v) is 3.46. The fourth-order valence-corrected chi connectivity index (χ4v) is 2.10. The van der Waals surface area contributed by atoms with Crippen LogP contribution in [-0.4, -0.2) is 24.5 Å². The summed E-state index contributed by atoms with van der Waals surface area (Å²) >= 11 is 0. The van der Waals surface area contributed by atoms with E-state index in [1.54, 1.807) is 0 Å². The number of benzene rings is 2. The van der Waals surface area contributed by atoms with Crippen LogP contribution in [0.15, 0.2) is 42.5 Å². The van der Waals surface area contributed by atoms with Crippen LogP contribution in [0.4, 0.5) is 5.69 Å². The number of nitro benzene ring substituents is 1. The Labute approximate surface area is 139 Å². The average Bonchev–Trinajstić information content (AvgIpc) is 2.58. The molecule has 1 N–H and O–H groups in total. The number of amides is 1. The lowest BCUT2D eigenvalue weighted by molar-refractivity contribution is -0.385. The number of nitrogens with one attached hydrogen (secondary N) is 1. The van der Waals surface area contributed by atoms with Crippen LogP contribution < -0.4 is 14.8 Å². The Morgan fingerprint density at radius 3 is 2.67 bits per heavy atom. The molecule has 24 heavy (non-hydrogen) atoms. The van der Waals surface area contributed by atoms with Crippen LogP contribution in [0.5, 0.6) is 11.5 Å². The van der Waals surface area contributed by atoms with Gasteiger partial charge in [-0.3, -0.25) is 14.9 Å². The van der Waals surface area contributed by atoms with Crippen molar-refractivity contribution in [1.82, 2.24) is 5.32 Å². The maximum atomic E-state index is 11.9. The van der Waals surface area contributed by atoms with Gasteiger partial charge in [-0.2, -0.15) is 0 Å². The van der Waals surface area contributed by atoms with Gasteiger partial charge in [-0.25, -0.2) is 0 Å². The Kier molecular flexibility index (Phi) is 5.73. The van der Waals surface area contributed by atoms with Gasteiger partial charge in [-0.05, 0) is 24.1 Å². The van der Waals surface area contributed by atoms with Crippen molar-refractivity contribution >= 4 is 11.6 Å². The van der Waals surface area contributed by atoms with Crippen molar-refractivity contribution in [1.29, 1.82) is 0 Å². The lowest BCUT2D eigenvalue weighted by atomic mass is 10.1. The highest BCUT2D eigenvalue weighted by Crippen LogP contribution is 2.30. The number of carbonyl (C=O) groups excluding carboxylic acids is 1. The van der Waals surface area contributed by atoms with E-state index in [0.29, 0.717) is 12.3 Å². The van der Waals surface area contributed by atoms with Crippen molar-refractivity contribution in [3.8, 4) is 11.5 Å². The van der Waals surface area contributed by atoms with E-state index >= 15 is 0 Å². The van der Waals surface area contributed by atoms with Gasteiger partial charge in [0, 0.05) is 18.7 Å². The molecule has 0 heterocycles. The van der Waals surface area contributed by atoms with Gasteiger partial charge in [0.05, 0.1) is 12.0 Å². The monoisotopic (exact) mass is 330 g/mol. The zero-order valence-corrected chi connectivity index (χ0v) is 13.4. The molecule has 7 heteroatoms. The standard InChI is InChI=1S/C17H18N2O5/c1-12-5-3-4-6-13(12)10-18-17(20)11-24-14-7-8-15(19(21)22)16(9-14)23-2/h3-9H,10-11H2,1-2H3,(H,18,20). The summed E-state index contributed by atoms with van der Waals surface area (Å²) in [6, 6.07) is 11.8. The van der Waals surface area contributed by atoms with Crippen LogP contribution in [0.3, 0.4) is 0 Å². The normalized spacial score (nSPS) is 10.1. The Morgan fingerprint density at radius 2 is 2.00 bits per heavy atom. The molecule has 0 atom stereocenters. The zero-order valence-electron chi connectivity index (χ0n) is 13.4. The molecule has 0 aliphatic carbocycles.